The number of benzene rings is 1. The molecule has 0 saturated carbocycles. The van der Waals surface area contributed by atoms with Crippen LogP contribution in [0.25, 0.3) is 0 Å². The molecule has 6 atom stereocenters. The first kappa shape index (κ1) is 45.9. The van der Waals surface area contributed by atoms with Crippen molar-refractivity contribution < 1.29 is 43.8 Å². The van der Waals surface area contributed by atoms with Gasteiger partial charge < -0.3 is 64.7 Å². The van der Waals surface area contributed by atoms with Crippen LogP contribution in [0.5, 0.6) is 5.75 Å². The van der Waals surface area contributed by atoms with E-state index in [-0.39, 0.29) is 43.9 Å². The Kier molecular flexibility index (Phi) is 18.2. The number of H-pyrrole nitrogens is 1. The van der Waals surface area contributed by atoms with Crippen molar-refractivity contribution in [1.82, 2.24) is 36.6 Å². The number of hydrogen-bond donors (Lipinski definition) is 12. The van der Waals surface area contributed by atoms with Gasteiger partial charge in [-0.15, -0.1) is 0 Å². The molecule has 0 aliphatic carbocycles. The number of nitrogens with two attached hydrogens (primary N) is 4. The number of amides is 6. The molecule has 0 aliphatic heterocycles. The number of carboxylic acids is 1. The van der Waals surface area contributed by atoms with Gasteiger partial charge in [-0.3, -0.25) is 33.8 Å². The van der Waals surface area contributed by atoms with Gasteiger partial charge in [-0.1, -0.05) is 39.8 Å². The number of phenols is 1. The van der Waals surface area contributed by atoms with Crippen LogP contribution in [0.4, 0.5) is 0 Å². The number of nitrogens with one attached hydrogen (secondary N) is 6. The van der Waals surface area contributed by atoms with Gasteiger partial charge in [-0.25, -0.2) is 9.78 Å². The van der Waals surface area contributed by atoms with Crippen LogP contribution in [0.15, 0.2) is 41.8 Å². The van der Waals surface area contributed by atoms with Crippen molar-refractivity contribution >= 4 is 47.4 Å². The largest absolute Gasteiger partial charge is 0.508 e. The molecule has 1 heterocycles. The lowest BCUT2D eigenvalue weighted by atomic mass is 9.98. The Morgan fingerprint density at radius 1 is 0.750 bits per heavy atom. The Bertz CT molecular complexity index is 1680. The van der Waals surface area contributed by atoms with Gasteiger partial charge >= 0.3 is 5.97 Å². The maximum absolute atomic E-state index is 13.9. The normalized spacial score (nSPS) is 14.3. The fourth-order valence-corrected chi connectivity index (χ4v) is 5.35. The van der Waals surface area contributed by atoms with E-state index in [1.807, 2.05) is 0 Å². The molecule has 0 spiro atoms. The van der Waals surface area contributed by atoms with E-state index >= 15 is 0 Å². The Morgan fingerprint density at radius 3 is 1.77 bits per heavy atom. The van der Waals surface area contributed by atoms with Crippen molar-refractivity contribution in [3.8, 4) is 5.75 Å². The van der Waals surface area contributed by atoms with Crippen LogP contribution < -0.4 is 49.5 Å². The summed E-state index contributed by atoms with van der Waals surface area (Å²) >= 11 is 0. The Balaban J connectivity index is 2.35. The molecule has 2 aromatic rings. The molecule has 0 bridgehead atoms. The van der Waals surface area contributed by atoms with Crippen LogP contribution in [0, 0.1) is 11.8 Å². The standard InChI is InChI=1S/C35H54N12O9/c1-17(2)27(46-30(51)23(6-5-11-41-35(38)39)43-29(50)22(36)14-26(37)49)32(53)44-24(12-19-7-9-21(48)10-8-19)31(52)47-28(18(3)4)33(54)45-25(34(55)56)13-20-15-40-16-42-20/h7-10,15-18,22-25,27-28,48H,5-6,11-14,36H2,1-4H3,(H2,37,49)(H,40,42)(H,43,50)(H,44,53)(H,45,54)(H,46,51)(H,47,52)(H,55,56)(H4,38,39,41)/t22-,23-,24-,25-,27-,28-/m0/s1. The third-order valence-electron chi connectivity index (χ3n) is 8.43. The topological polar surface area (TPSA) is 365 Å². The van der Waals surface area contributed by atoms with E-state index in [0.29, 0.717) is 11.3 Å². The highest BCUT2D eigenvalue weighted by molar-refractivity contribution is 5.97. The number of nitrogens with zero attached hydrogens (tertiary/aromatic N) is 2. The van der Waals surface area contributed by atoms with Gasteiger partial charge in [0.25, 0.3) is 0 Å². The number of phenolic OH excluding ortho intramolecular Hbond substituents is 1. The lowest BCUT2D eigenvalue weighted by Gasteiger charge is -2.29. The first-order valence-corrected chi connectivity index (χ1v) is 17.9. The fourth-order valence-electron chi connectivity index (χ4n) is 5.35. The molecule has 0 unspecified atom stereocenters. The van der Waals surface area contributed by atoms with Crippen LogP contribution in [-0.4, -0.2) is 110 Å². The quantitative estimate of drug-likeness (QED) is 0.0304. The molecular weight excluding hydrogens is 732 g/mol. The molecule has 6 amide bonds. The molecule has 308 valence electrons. The number of aliphatic carboxylic acids is 1. The summed E-state index contributed by atoms with van der Waals surface area (Å²) in [7, 11) is 0. The molecule has 21 heteroatoms. The van der Waals surface area contributed by atoms with Crippen LogP contribution in [0.3, 0.4) is 0 Å². The van der Waals surface area contributed by atoms with Gasteiger partial charge in [0.15, 0.2) is 5.96 Å². The Hall–Kier alpha value is -6.25. The SMILES string of the molecule is CC(C)[C@H](NC(=O)[C@H](Cc1ccc(O)cc1)NC(=O)[C@@H](NC(=O)[C@H](CCCN=C(N)N)NC(=O)[C@@H](N)CC(N)=O)C(C)C)C(=O)N[C@@H](Cc1cnc[nH]1)C(=O)O. The smallest absolute Gasteiger partial charge is 0.326 e. The van der Waals surface area contributed by atoms with Gasteiger partial charge in [-0.2, -0.15) is 0 Å². The second kappa shape index (κ2) is 22.2. The number of hydrogen-bond acceptors (Lipinski definition) is 11. The number of aromatic nitrogens is 2. The highest BCUT2D eigenvalue weighted by Gasteiger charge is 2.35. The number of aliphatic imine (C=N–C) groups is 1. The van der Waals surface area contributed by atoms with E-state index in [1.54, 1.807) is 27.7 Å². The third kappa shape index (κ3) is 15.6. The predicted octanol–water partition coefficient (Wildman–Crippen LogP) is -3.02. The molecule has 56 heavy (non-hydrogen) atoms. The number of rotatable bonds is 23. The van der Waals surface area contributed by atoms with Crippen molar-refractivity contribution in [2.75, 3.05) is 6.54 Å². The number of primary amides is 1. The van der Waals surface area contributed by atoms with E-state index in [2.05, 4.69) is 41.5 Å². The van der Waals surface area contributed by atoms with Crippen LogP contribution in [0.1, 0.15) is 58.2 Å². The number of carbonyl (C=O) groups excluding carboxylic acids is 6. The monoisotopic (exact) mass is 786 g/mol. The first-order chi connectivity index (χ1) is 26.3. The molecule has 21 nitrogen and oxygen atoms in total. The molecule has 0 radical (unpaired) electrons. The summed E-state index contributed by atoms with van der Waals surface area (Å²) in [4.78, 5) is 101. The second-order valence-electron chi connectivity index (χ2n) is 13.9. The Morgan fingerprint density at radius 2 is 1.29 bits per heavy atom. The number of guanidine groups is 1. The summed E-state index contributed by atoms with van der Waals surface area (Å²) in [5, 5.41) is 32.4. The number of carbonyl (C=O) groups is 7. The lowest BCUT2D eigenvalue weighted by molar-refractivity contribution is -0.142. The highest BCUT2D eigenvalue weighted by atomic mass is 16.4. The van der Waals surface area contributed by atoms with Gasteiger partial charge in [0.2, 0.25) is 35.4 Å². The van der Waals surface area contributed by atoms with Gasteiger partial charge in [0, 0.05) is 31.3 Å². The van der Waals surface area contributed by atoms with Gasteiger partial charge in [-0.05, 0) is 42.4 Å². The number of aromatic amines is 1. The van der Waals surface area contributed by atoms with E-state index < -0.39 is 95.9 Å². The summed E-state index contributed by atoms with van der Waals surface area (Å²) in [5.74, 6) is -7.50. The molecule has 0 aliphatic rings. The summed E-state index contributed by atoms with van der Waals surface area (Å²) in [6.45, 7) is 6.65. The zero-order chi connectivity index (χ0) is 42.1. The van der Waals surface area contributed by atoms with Crippen molar-refractivity contribution in [2.24, 2.45) is 39.8 Å². The molecule has 0 saturated heterocycles. The maximum Gasteiger partial charge on any atom is 0.326 e. The minimum absolute atomic E-state index is 0.000752. The molecular formula is C35H54N12O9. The van der Waals surface area contributed by atoms with Crippen molar-refractivity contribution in [3.05, 3.63) is 48.0 Å². The van der Waals surface area contributed by atoms with E-state index in [9.17, 15) is 43.8 Å². The van der Waals surface area contributed by atoms with Gasteiger partial charge in [0.05, 0.1) is 18.8 Å². The molecule has 1 aromatic carbocycles. The molecule has 0 fully saturated rings. The average Bonchev–Trinajstić information content (AvgIpc) is 3.63. The molecule has 1 aromatic heterocycles. The summed E-state index contributed by atoms with van der Waals surface area (Å²) in [6, 6.07) is -1.99. The zero-order valence-electron chi connectivity index (χ0n) is 31.8. The minimum atomic E-state index is -1.36. The minimum Gasteiger partial charge on any atom is -0.508 e. The predicted molar refractivity (Wildman–Crippen MR) is 203 cm³/mol. The molecule has 16 N–H and O–H groups in total. The lowest BCUT2D eigenvalue weighted by Crippen LogP contribution is -2.61. The number of carboxylic acid groups (broad SMARTS) is 1. The van der Waals surface area contributed by atoms with Crippen molar-refractivity contribution in [3.63, 3.8) is 0 Å². The van der Waals surface area contributed by atoms with E-state index in [0.717, 1.165) is 0 Å². The first-order valence-electron chi connectivity index (χ1n) is 17.9. The summed E-state index contributed by atoms with van der Waals surface area (Å²) in [6.07, 6.45) is 2.28. The summed E-state index contributed by atoms with van der Waals surface area (Å²) in [5.41, 5.74) is 22.7. The van der Waals surface area contributed by atoms with E-state index in [4.69, 9.17) is 22.9 Å². The van der Waals surface area contributed by atoms with Crippen molar-refractivity contribution in [1.29, 1.82) is 0 Å². The zero-order valence-corrected chi connectivity index (χ0v) is 31.8. The fraction of sp³-hybridized carbons (Fsp3) is 0.514. The van der Waals surface area contributed by atoms with Gasteiger partial charge in [0.1, 0.15) is 36.0 Å². The third-order valence-corrected chi connectivity index (χ3v) is 8.43. The van der Waals surface area contributed by atoms with Crippen LogP contribution >= 0.6 is 0 Å². The highest BCUT2D eigenvalue weighted by Crippen LogP contribution is 2.14. The van der Waals surface area contributed by atoms with E-state index in [1.165, 1.54) is 36.8 Å². The van der Waals surface area contributed by atoms with Crippen LogP contribution in [0.2, 0.25) is 0 Å². The molecule has 2 rings (SSSR count). The average molecular weight is 787 g/mol. The number of aromatic hydroxyl groups is 1. The second-order valence-corrected chi connectivity index (χ2v) is 13.9. The van der Waals surface area contributed by atoms with Crippen LogP contribution in [-0.2, 0) is 46.4 Å². The summed E-state index contributed by atoms with van der Waals surface area (Å²) < 4.78 is 0. The maximum atomic E-state index is 13.9. The van der Waals surface area contributed by atoms with Crippen molar-refractivity contribution in [2.45, 2.75) is 96.1 Å². The number of imidazole rings is 1. The Labute approximate surface area is 323 Å².